The quantitative estimate of drug-likeness (QED) is 0.806. The van der Waals surface area contributed by atoms with E-state index in [9.17, 15) is 13.2 Å². The van der Waals surface area contributed by atoms with E-state index in [-0.39, 0.29) is 5.91 Å². The molecule has 0 bridgehead atoms. The van der Waals surface area contributed by atoms with Crippen molar-refractivity contribution in [1.29, 1.82) is 0 Å². The van der Waals surface area contributed by atoms with E-state index < -0.39 is 22.3 Å². The predicted octanol–water partition coefficient (Wildman–Crippen LogP) is 1.65. The fourth-order valence-corrected chi connectivity index (χ4v) is 4.79. The molecular weight excluding hydrogens is 374 g/mol. The maximum atomic E-state index is 12.6. The van der Waals surface area contributed by atoms with Crippen molar-refractivity contribution < 1.29 is 17.9 Å². The van der Waals surface area contributed by atoms with Gasteiger partial charge in [-0.1, -0.05) is 18.2 Å². The number of likely N-dealkylation sites (N-methyl/N-ethyl adjacent to an activating group) is 1. The van der Waals surface area contributed by atoms with Crippen molar-refractivity contribution in [3.8, 4) is 5.75 Å². The second-order valence-corrected chi connectivity index (χ2v) is 8.81. The van der Waals surface area contributed by atoms with Gasteiger partial charge in [0.05, 0.1) is 13.7 Å². The van der Waals surface area contributed by atoms with E-state index in [2.05, 4.69) is 10.0 Å². The molecule has 0 aliphatic carbocycles. The third-order valence-corrected chi connectivity index (χ3v) is 6.88. The van der Waals surface area contributed by atoms with Gasteiger partial charge in [-0.2, -0.15) is 17.4 Å². The van der Waals surface area contributed by atoms with Gasteiger partial charge < -0.3 is 10.1 Å². The van der Waals surface area contributed by atoms with E-state index in [0.29, 0.717) is 18.7 Å². The summed E-state index contributed by atoms with van der Waals surface area (Å²) in [5.74, 6) is 0.388. The van der Waals surface area contributed by atoms with Gasteiger partial charge in [0.2, 0.25) is 5.91 Å². The summed E-state index contributed by atoms with van der Waals surface area (Å²) in [6.45, 7) is 0.390. The highest BCUT2D eigenvalue weighted by molar-refractivity contribution is 7.87. The molecule has 9 heteroatoms. The smallest absolute Gasteiger partial charge is 0.280 e. The molecule has 2 heterocycles. The number of carbonyl (C=O) groups excluding carboxylic acids is 1. The molecule has 1 amide bonds. The molecule has 1 saturated heterocycles. The number of benzene rings is 1. The zero-order valence-electron chi connectivity index (χ0n) is 14.5. The molecule has 140 valence electrons. The number of rotatable bonds is 5. The SMILES string of the molecule is COc1ccc([C@@H]2C[C@H](C(=O)NCc3cccs3)N(C)S(=O)(=O)N2)cc1. The Morgan fingerprint density at radius 2 is 2.08 bits per heavy atom. The Labute approximate surface area is 157 Å². The van der Waals surface area contributed by atoms with Crippen LogP contribution in [0.15, 0.2) is 41.8 Å². The minimum absolute atomic E-state index is 0.301. The third kappa shape index (κ3) is 4.07. The highest BCUT2D eigenvalue weighted by atomic mass is 32.2. The van der Waals surface area contributed by atoms with Gasteiger partial charge in [0, 0.05) is 18.0 Å². The van der Waals surface area contributed by atoms with Crippen LogP contribution in [0.25, 0.3) is 0 Å². The Morgan fingerprint density at radius 3 is 2.69 bits per heavy atom. The van der Waals surface area contributed by atoms with Crippen LogP contribution >= 0.6 is 11.3 Å². The first kappa shape index (κ1) is 18.8. The van der Waals surface area contributed by atoms with E-state index in [4.69, 9.17) is 4.74 Å². The second kappa shape index (κ2) is 7.75. The molecule has 7 nitrogen and oxygen atoms in total. The molecule has 1 aliphatic heterocycles. The second-order valence-electron chi connectivity index (χ2n) is 6.01. The van der Waals surface area contributed by atoms with Crippen LogP contribution in [-0.2, 0) is 21.5 Å². The van der Waals surface area contributed by atoms with Gasteiger partial charge in [-0.3, -0.25) is 4.79 Å². The van der Waals surface area contributed by atoms with Crippen molar-refractivity contribution in [3.05, 3.63) is 52.2 Å². The number of amides is 1. The molecule has 2 atom stereocenters. The Balaban J connectivity index is 1.76. The average molecular weight is 396 g/mol. The Hall–Kier alpha value is -1.94. The molecule has 1 fully saturated rings. The molecular formula is C17H21N3O4S2. The lowest BCUT2D eigenvalue weighted by molar-refractivity contribution is -0.125. The van der Waals surface area contributed by atoms with Gasteiger partial charge in [0.1, 0.15) is 11.8 Å². The lowest BCUT2D eigenvalue weighted by Crippen LogP contribution is -2.57. The van der Waals surface area contributed by atoms with E-state index in [1.165, 1.54) is 7.05 Å². The van der Waals surface area contributed by atoms with E-state index in [0.717, 1.165) is 14.7 Å². The highest BCUT2D eigenvalue weighted by Crippen LogP contribution is 2.29. The molecule has 26 heavy (non-hydrogen) atoms. The molecule has 2 N–H and O–H groups in total. The number of ether oxygens (including phenoxy) is 1. The average Bonchev–Trinajstić information content (AvgIpc) is 3.15. The van der Waals surface area contributed by atoms with Crippen molar-refractivity contribution in [2.45, 2.75) is 25.0 Å². The van der Waals surface area contributed by atoms with Gasteiger partial charge in [0.25, 0.3) is 10.2 Å². The Kier molecular flexibility index (Phi) is 5.61. The first-order chi connectivity index (χ1) is 12.4. The molecule has 0 spiro atoms. The molecule has 1 aliphatic rings. The number of carbonyl (C=O) groups is 1. The predicted molar refractivity (Wildman–Crippen MR) is 100 cm³/mol. The number of hydrogen-bond acceptors (Lipinski definition) is 5. The minimum Gasteiger partial charge on any atom is -0.497 e. The Bertz CT molecular complexity index is 851. The standard InChI is InChI=1S/C17H21N3O4S2/c1-20-16(17(21)18-11-14-4-3-9-25-14)10-15(19-26(20,22)23)12-5-7-13(24-2)8-6-12/h3-9,15-16,19H,10-11H2,1-2H3,(H,18,21)/t15-,16+/m0/s1. The van der Waals surface area contributed by atoms with Crippen LogP contribution in [0.4, 0.5) is 0 Å². The number of thiophene rings is 1. The summed E-state index contributed by atoms with van der Waals surface area (Å²) in [6, 6.07) is 9.74. The topological polar surface area (TPSA) is 87.7 Å². The van der Waals surface area contributed by atoms with Crippen molar-refractivity contribution in [3.63, 3.8) is 0 Å². The van der Waals surface area contributed by atoms with Crippen LogP contribution in [0.3, 0.4) is 0 Å². The fourth-order valence-electron chi connectivity index (χ4n) is 2.87. The summed E-state index contributed by atoms with van der Waals surface area (Å²) in [5, 5.41) is 4.76. The summed E-state index contributed by atoms with van der Waals surface area (Å²) >= 11 is 1.54. The zero-order valence-corrected chi connectivity index (χ0v) is 16.1. The number of nitrogens with zero attached hydrogens (tertiary/aromatic N) is 1. The monoisotopic (exact) mass is 395 g/mol. The highest BCUT2D eigenvalue weighted by Gasteiger charge is 2.40. The van der Waals surface area contributed by atoms with Gasteiger partial charge in [-0.25, -0.2) is 0 Å². The zero-order chi connectivity index (χ0) is 18.7. The van der Waals surface area contributed by atoms with Crippen molar-refractivity contribution in [2.75, 3.05) is 14.2 Å². The maximum absolute atomic E-state index is 12.6. The molecule has 2 aromatic rings. The van der Waals surface area contributed by atoms with Crippen LogP contribution in [0.1, 0.15) is 22.9 Å². The Morgan fingerprint density at radius 1 is 1.35 bits per heavy atom. The first-order valence-electron chi connectivity index (χ1n) is 8.10. The van der Waals surface area contributed by atoms with E-state index in [1.807, 2.05) is 17.5 Å². The van der Waals surface area contributed by atoms with Crippen LogP contribution in [0.2, 0.25) is 0 Å². The summed E-state index contributed by atoms with van der Waals surface area (Å²) in [7, 11) is -0.758. The van der Waals surface area contributed by atoms with Crippen molar-refractivity contribution in [1.82, 2.24) is 14.3 Å². The number of methoxy groups -OCH3 is 1. The summed E-state index contributed by atoms with van der Waals surface area (Å²) in [6.07, 6.45) is 0.346. The van der Waals surface area contributed by atoms with Crippen LogP contribution in [-0.4, -0.2) is 38.8 Å². The van der Waals surface area contributed by atoms with Crippen LogP contribution in [0.5, 0.6) is 5.75 Å². The van der Waals surface area contributed by atoms with E-state index in [1.54, 1.807) is 42.7 Å². The van der Waals surface area contributed by atoms with E-state index >= 15 is 0 Å². The summed E-state index contributed by atoms with van der Waals surface area (Å²) in [4.78, 5) is 13.6. The van der Waals surface area contributed by atoms with Crippen molar-refractivity contribution in [2.24, 2.45) is 0 Å². The molecule has 1 aromatic carbocycles. The van der Waals surface area contributed by atoms with Gasteiger partial charge in [-0.15, -0.1) is 11.3 Å². The maximum Gasteiger partial charge on any atom is 0.280 e. The number of hydrogen-bond donors (Lipinski definition) is 2. The first-order valence-corrected chi connectivity index (χ1v) is 10.4. The van der Waals surface area contributed by atoms with Crippen LogP contribution < -0.4 is 14.8 Å². The number of nitrogens with one attached hydrogen (secondary N) is 2. The van der Waals surface area contributed by atoms with Crippen molar-refractivity contribution >= 4 is 27.5 Å². The van der Waals surface area contributed by atoms with Gasteiger partial charge in [-0.05, 0) is 35.6 Å². The molecule has 0 radical (unpaired) electrons. The largest absolute Gasteiger partial charge is 0.497 e. The van der Waals surface area contributed by atoms with Gasteiger partial charge in [0.15, 0.2) is 0 Å². The molecule has 3 rings (SSSR count). The third-order valence-electron chi connectivity index (χ3n) is 4.41. The van der Waals surface area contributed by atoms with Crippen LogP contribution in [0, 0.1) is 0 Å². The normalized spacial score (nSPS) is 22.7. The molecule has 0 unspecified atom stereocenters. The summed E-state index contributed by atoms with van der Waals surface area (Å²) < 4.78 is 33.8. The van der Waals surface area contributed by atoms with Gasteiger partial charge >= 0.3 is 0 Å². The lowest BCUT2D eigenvalue weighted by atomic mass is 9.99. The summed E-state index contributed by atoms with van der Waals surface area (Å²) in [5.41, 5.74) is 0.790. The molecule has 0 saturated carbocycles. The fraction of sp³-hybridized carbons (Fsp3) is 0.353. The minimum atomic E-state index is -3.75. The lowest BCUT2D eigenvalue weighted by Gasteiger charge is -2.36. The molecule has 1 aromatic heterocycles.